The summed E-state index contributed by atoms with van der Waals surface area (Å²) in [7, 11) is -1.15. The number of carbonyl (C=O) groups excluding carboxylic acids is 1. The lowest BCUT2D eigenvalue weighted by atomic mass is 9.95. The summed E-state index contributed by atoms with van der Waals surface area (Å²) < 4.78 is 49.8. The number of rotatable bonds is 5. The van der Waals surface area contributed by atoms with Gasteiger partial charge in [0.1, 0.15) is 0 Å². The molecule has 0 spiro atoms. The summed E-state index contributed by atoms with van der Waals surface area (Å²) in [6.45, 7) is 2.41. The van der Waals surface area contributed by atoms with E-state index in [2.05, 4.69) is 10.4 Å². The second-order valence-corrected chi connectivity index (χ2v) is 11.2. The van der Waals surface area contributed by atoms with E-state index in [1.54, 1.807) is 29.1 Å². The quantitative estimate of drug-likeness (QED) is 0.496. The Labute approximate surface area is 204 Å². The fraction of sp³-hybridized carbons (Fsp3) is 0.360. The molecule has 1 aliphatic rings. The van der Waals surface area contributed by atoms with Gasteiger partial charge in [0.25, 0.3) is 5.91 Å². The first-order valence-corrected chi connectivity index (χ1v) is 13.3. The lowest BCUT2D eigenvalue weighted by Gasteiger charge is -2.27. The van der Waals surface area contributed by atoms with E-state index in [1.807, 2.05) is 37.2 Å². The zero-order valence-corrected chi connectivity index (χ0v) is 20.8. The van der Waals surface area contributed by atoms with Crippen molar-refractivity contribution in [2.24, 2.45) is 7.05 Å². The number of anilines is 2. The maximum Gasteiger partial charge on any atom is 0.258 e. The number of aromatic nitrogens is 2. The number of aryl methyl sites for hydroxylation is 1. The van der Waals surface area contributed by atoms with Gasteiger partial charge in [-0.3, -0.25) is 9.48 Å². The molecular weight excluding hydrogens is 472 g/mol. The fourth-order valence-electron chi connectivity index (χ4n) is 4.44. The van der Waals surface area contributed by atoms with Gasteiger partial charge in [-0.05, 0) is 48.7 Å². The van der Waals surface area contributed by atoms with Gasteiger partial charge in [0, 0.05) is 67.3 Å². The molecule has 1 atom stereocenters. The summed E-state index contributed by atoms with van der Waals surface area (Å²) in [6, 6.07) is 10.1. The van der Waals surface area contributed by atoms with Crippen molar-refractivity contribution in [1.82, 2.24) is 9.78 Å². The van der Waals surface area contributed by atoms with Gasteiger partial charge in [0.05, 0.1) is 21.5 Å². The van der Waals surface area contributed by atoms with Crippen molar-refractivity contribution >= 4 is 27.0 Å². The molecule has 1 saturated heterocycles. The maximum absolute atomic E-state index is 14.0. The maximum atomic E-state index is 14.0. The molecule has 2 heterocycles. The molecule has 2 aromatic carbocycles. The van der Waals surface area contributed by atoms with E-state index < -0.39 is 21.6 Å². The normalized spacial score (nSPS) is 17.5. The minimum absolute atomic E-state index is 0.144. The third-order valence-electron chi connectivity index (χ3n) is 6.29. The first-order chi connectivity index (χ1) is 16.4. The van der Waals surface area contributed by atoms with Crippen LogP contribution in [0.25, 0.3) is 11.1 Å². The Morgan fingerprint density at radius 3 is 2.66 bits per heavy atom. The molecule has 4 rings (SSSR count). The van der Waals surface area contributed by atoms with Crippen molar-refractivity contribution < 1.29 is 17.8 Å². The highest BCUT2D eigenvalue weighted by Gasteiger charge is 2.33. The third-order valence-corrected chi connectivity index (χ3v) is 7.44. The third kappa shape index (κ3) is 5.53. The Bertz CT molecular complexity index is 1370. The average Bonchev–Trinajstić information content (AvgIpc) is 3.12. The molecule has 7 nitrogen and oxygen atoms in total. The van der Waals surface area contributed by atoms with Gasteiger partial charge in [-0.1, -0.05) is 12.1 Å². The Hall–Kier alpha value is -3.27. The second kappa shape index (κ2) is 9.41. The lowest BCUT2D eigenvalue weighted by Crippen LogP contribution is -2.29. The SMILES string of the molecule is Cc1c(-c2cnn(C)c2)ccc(N2CCCC(F)(F)CC2)c1C(=O)Nc1cccc(S(C)(=N)=O)c1. The van der Waals surface area contributed by atoms with Crippen molar-refractivity contribution in [3.63, 3.8) is 0 Å². The molecule has 1 fully saturated rings. The molecule has 0 saturated carbocycles. The zero-order chi connectivity index (χ0) is 25.4. The van der Waals surface area contributed by atoms with Gasteiger partial charge in [-0.25, -0.2) is 17.8 Å². The van der Waals surface area contributed by atoms with Crippen LogP contribution in [-0.2, 0) is 16.8 Å². The highest BCUT2D eigenvalue weighted by atomic mass is 32.2. The number of halogens is 2. The van der Waals surface area contributed by atoms with E-state index >= 15 is 0 Å². The summed E-state index contributed by atoms with van der Waals surface area (Å²) in [6.07, 6.45) is 4.77. The van der Waals surface area contributed by atoms with Crippen LogP contribution < -0.4 is 10.2 Å². The molecule has 3 aromatic rings. The van der Waals surface area contributed by atoms with Crippen LogP contribution in [-0.4, -0.2) is 45.2 Å². The number of hydrogen-bond donors (Lipinski definition) is 2. The highest BCUT2D eigenvalue weighted by molar-refractivity contribution is 7.91. The number of nitrogens with zero attached hydrogens (tertiary/aromatic N) is 3. The summed E-state index contributed by atoms with van der Waals surface area (Å²) in [5.41, 5.74) is 3.78. The van der Waals surface area contributed by atoms with E-state index in [4.69, 9.17) is 4.78 Å². The minimum atomic E-state index is -2.95. The Balaban J connectivity index is 1.77. The van der Waals surface area contributed by atoms with Crippen molar-refractivity contribution in [2.45, 2.75) is 37.0 Å². The van der Waals surface area contributed by atoms with E-state index in [1.165, 1.54) is 12.3 Å². The predicted molar refractivity (Wildman–Crippen MR) is 134 cm³/mol. The Morgan fingerprint density at radius 2 is 1.97 bits per heavy atom. The summed E-state index contributed by atoms with van der Waals surface area (Å²) in [5, 5.41) is 7.09. The van der Waals surface area contributed by atoms with E-state index in [-0.39, 0.29) is 19.4 Å². The molecular formula is C25H29F2N5O2S. The van der Waals surface area contributed by atoms with Gasteiger partial charge in [0.15, 0.2) is 0 Å². The van der Waals surface area contributed by atoms with Gasteiger partial charge >= 0.3 is 0 Å². The molecule has 1 aliphatic heterocycles. The molecule has 1 amide bonds. The molecule has 0 radical (unpaired) electrons. The van der Waals surface area contributed by atoms with Crippen LogP contribution in [0.2, 0.25) is 0 Å². The molecule has 186 valence electrons. The lowest BCUT2D eigenvalue weighted by molar-refractivity contribution is -0.0102. The van der Waals surface area contributed by atoms with Gasteiger partial charge in [-0.2, -0.15) is 5.10 Å². The molecule has 1 aromatic heterocycles. The van der Waals surface area contributed by atoms with Crippen LogP contribution in [0.1, 0.15) is 35.2 Å². The first kappa shape index (κ1) is 24.8. The van der Waals surface area contributed by atoms with Gasteiger partial charge in [0.2, 0.25) is 5.92 Å². The molecule has 2 N–H and O–H groups in total. The number of benzene rings is 2. The molecule has 10 heteroatoms. The van der Waals surface area contributed by atoms with E-state index in [9.17, 15) is 17.8 Å². The monoisotopic (exact) mass is 501 g/mol. The van der Waals surface area contributed by atoms with Crippen molar-refractivity contribution in [1.29, 1.82) is 4.78 Å². The van der Waals surface area contributed by atoms with E-state index in [0.717, 1.165) is 11.1 Å². The number of amides is 1. The van der Waals surface area contributed by atoms with Crippen LogP contribution in [0, 0.1) is 11.7 Å². The van der Waals surface area contributed by atoms with Crippen molar-refractivity contribution in [3.8, 4) is 11.1 Å². The molecule has 0 bridgehead atoms. The fourth-order valence-corrected chi connectivity index (χ4v) is 5.13. The van der Waals surface area contributed by atoms with Gasteiger partial charge < -0.3 is 10.2 Å². The highest BCUT2D eigenvalue weighted by Crippen LogP contribution is 2.36. The summed E-state index contributed by atoms with van der Waals surface area (Å²) in [5.74, 6) is -3.12. The standard InChI is InChI=1S/C25H29F2N5O2S/c1-17-21(18-15-29-31(2)16-18)8-9-22(32-12-5-10-25(26,27)11-13-32)23(17)24(33)30-19-6-4-7-20(14-19)35(3,28)34/h4,6-9,14-16,28H,5,10-13H2,1-3H3,(H,30,33). The largest absolute Gasteiger partial charge is 0.371 e. The minimum Gasteiger partial charge on any atom is -0.371 e. The first-order valence-electron chi connectivity index (χ1n) is 11.4. The van der Waals surface area contributed by atoms with Crippen LogP contribution in [0.3, 0.4) is 0 Å². The predicted octanol–water partition coefficient (Wildman–Crippen LogP) is 5.31. The van der Waals surface area contributed by atoms with E-state index in [0.29, 0.717) is 40.4 Å². The molecule has 0 aliphatic carbocycles. The topological polar surface area (TPSA) is 91.1 Å². The number of nitrogens with one attached hydrogen (secondary N) is 2. The van der Waals surface area contributed by atoms with Crippen LogP contribution in [0.4, 0.5) is 20.2 Å². The average molecular weight is 502 g/mol. The molecule has 1 unspecified atom stereocenters. The number of hydrogen-bond acceptors (Lipinski definition) is 5. The molecule has 35 heavy (non-hydrogen) atoms. The van der Waals surface area contributed by atoms with Crippen molar-refractivity contribution in [2.75, 3.05) is 29.6 Å². The van der Waals surface area contributed by atoms with Crippen molar-refractivity contribution in [3.05, 3.63) is 59.9 Å². The van der Waals surface area contributed by atoms with Crippen LogP contribution >= 0.6 is 0 Å². The van der Waals surface area contributed by atoms with Gasteiger partial charge in [-0.15, -0.1) is 0 Å². The summed E-state index contributed by atoms with van der Waals surface area (Å²) in [4.78, 5) is 15.8. The number of carbonyl (C=O) groups is 1. The second-order valence-electron chi connectivity index (χ2n) is 9.06. The Kier molecular flexibility index (Phi) is 6.68. The van der Waals surface area contributed by atoms with Crippen LogP contribution in [0.15, 0.2) is 53.7 Å². The van der Waals surface area contributed by atoms with Crippen LogP contribution in [0.5, 0.6) is 0 Å². The smallest absolute Gasteiger partial charge is 0.258 e. The summed E-state index contributed by atoms with van der Waals surface area (Å²) >= 11 is 0. The number of alkyl halides is 2. The zero-order valence-electron chi connectivity index (χ0n) is 20.0. The Morgan fingerprint density at radius 1 is 1.20 bits per heavy atom.